The summed E-state index contributed by atoms with van der Waals surface area (Å²) in [5.41, 5.74) is 0.463. The molecule has 1 aliphatic carbocycles. The van der Waals surface area contributed by atoms with Crippen LogP contribution in [-0.4, -0.2) is 46.0 Å². The van der Waals surface area contributed by atoms with Gasteiger partial charge in [-0.15, -0.1) is 0 Å². The molecule has 216 valence electrons. The number of ether oxygens (including phenoxy) is 1. The van der Waals surface area contributed by atoms with E-state index in [4.69, 9.17) is 39.5 Å². The van der Waals surface area contributed by atoms with Crippen LogP contribution in [0.1, 0.15) is 57.3 Å². The van der Waals surface area contributed by atoms with Gasteiger partial charge in [0.1, 0.15) is 12.3 Å². The number of imide groups is 1. The lowest BCUT2D eigenvalue weighted by Crippen LogP contribution is -2.52. The van der Waals surface area contributed by atoms with Crippen LogP contribution in [0.5, 0.6) is 5.75 Å². The molecule has 0 radical (unpaired) electrons. The molecule has 5 rings (SSSR count). The summed E-state index contributed by atoms with van der Waals surface area (Å²) < 4.78 is 5.36. The fourth-order valence-corrected chi connectivity index (χ4v) is 5.95. The van der Waals surface area contributed by atoms with Gasteiger partial charge in [-0.3, -0.25) is 19.2 Å². The van der Waals surface area contributed by atoms with Crippen LogP contribution < -0.4 is 4.74 Å². The van der Waals surface area contributed by atoms with Crippen LogP contribution in [-0.2, 0) is 9.59 Å². The Labute approximate surface area is 257 Å². The molecule has 11 heteroatoms. The highest BCUT2D eigenvalue weighted by Crippen LogP contribution is 2.41. The van der Waals surface area contributed by atoms with E-state index in [1.165, 1.54) is 66.7 Å². The smallest absolute Gasteiger partial charge is 0.345 e. The number of Topliss-reactive ketones (excluding diaryl/α,β-unsaturated/α-hetero) is 1. The highest BCUT2D eigenvalue weighted by atomic mass is 35.5. The van der Waals surface area contributed by atoms with Crippen LogP contribution in [0.3, 0.4) is 0 Å². The van der Waals surface area contributed by atoms with Crippen molar-refractivity contribution in [3.63, 3.8) is 0 Å². The maximum atomic E-state index is 13.6. The lowest BCUT2D eigenvalue weighted by molar-refractivity contribution is -0.154. The van der Waals surface area contributed by atoms with Gasteiger partial charge in [-0.1, -0.05) is 41.7 Å². The Kier molecular flexibility index (Phi) is 8.68. The number of ketones is 1. The van der Waals surface area contributed by atoms with Crippen molar-refractivity contribution in [3.05, 3.63) is 98.5 Å². The van der Waals surface area contributed by atoms with Crippen molar-refractivity contribution < 1.29 is 28.7 Å². The number of amides is 3. The lowest BCUT2D eigenvalue weighted by Gasteiger charge is -2.30. The summed E-state index contributed by atoms with van der Waals surface area (Å²) in [6.07, 6.45) is 1.90. The zero-order valence-electron chi connectivity index (χ0n) is 22.4. The second-order valence-corrected chi connectivity index (χ2v) is 11.7. The Morgan fingerprint density at radius 1 is 0.833 bits per heavy atom. The summed E-state index contributed by atoms with van der Waals surface area (Å²) in [7, 11) is 0. The van der Waals surface area contributed by atoms with Crippen LogP contribution in [0.2, 0.25) is 15.1 Å². The Hall–Kier alpha value is -3.72. The van der Waals surface area contributed by atoms with E-state index in [-0.39, 0.29) is 33.4 Å². The number of hydrogen-bond acceptors (Lipinski definition) is 6. The molecule has 3 aromatic carbocycles. The van der Waals surface area contributed by atoms with E-state index in [9.17, 15) is 24.0 Å². The molecule has 2 fully saturated rings. The Bertz CT molecular complexity index is 1570. The minimum Gasteiger partial charge on any atom is -0.423 e. The van der Waals surface area contributed by atoms with Crippen molar-refractivity contribution in [3.8, 4) is 5.75 Å². The highest BCUT2D eigenvalue weighted by Gasteiger charge is 2.52. The Morgan fingerprint density at radius 3 is 2.12 bits per heavy atom. The number of hydrogen-bond donors (Lipinski definition) is 0. The molecule has 0 bridgehead atoms. The molecule has 8 nitrogen and oxygen atoms in total. The molecular formula is C31H25Cl3N2O6. The van der Waals surface area contributed by atoms with Gasteiger partial charge in [0.15, 0.2) is 5.78 Å². The van der Waals surface area contributed by atoms with Gasteiger partial charge < -0.3 is 4.74 Å². The predicted molar refractivity (Wildman–Crippen MR) is 157 cm³/mol. The fraction of sp³-hybridized carbons (Fsp3) is 0.258. The van der Waals surface area contributed by atoms with Gasteiger partial charge in [-0.05, 0) is 91.9 Å². The van der Waals surface area contributed by atoms with Crippen LogP contribution in [0.15, 0.2) is 66.7 Å². The van der Waals surface area contributed by atoms with E-state index in [0.29, 0.717) is 22.9 Å². The molecule has 2 aliphatic rings. The third-order valence-electron chi connectivity index (χ3n) is 7.56. The minimum atomic E-state index is -0.711. The SMILES string of the molecule is C[C@@H]1CC[C@@H]2C(=O)N(N(CC(=O)c3ccc(OC(=O)c4ccc(Cl)cc4Cl)cc3)C(=O)c3ccc(Cl)cc3)C(=O)[C@@H]2C1. The summed E-state index contributed by atoms with van der Waals surface area (Å²) in [5.74, 6) is -3.50. The van der Waals surface area contributed by atoms with Crippen molar-refractivity contribution in [2.75, 3.05) is 6.54 Å². The molecule has 0 N–H and O–H groups in total. The van der Waals surface area contributed by atoms with Crippen LogP contribution in [0.25, 0.3) is 0 Å². The van der Waals surface area contributed by atoms with Gasteiger partial charge in [0.05, 0.1) is 22.4 Å². The number of rotatable bonds is 7. The summed E-state index contributed by atoms with van der Waals surface area (Å²) in [6.45, 7) is 1.47. The number of carbonyl (C=O) groups is 5. The number of esters is 1. The van der Waals surface area contributed by atoms with Crippen LogP contribution in [0, 0.1) is 17.8 Å². The average Bonchev–Trinajstić information content (AvgIpc) is 3.20. The third kappa shape index (κ3) is 6.07. The molecule has 0 aromatic heterocycles. The maximum Gasteiger partial charge on any atom is 0.345 e. The van der Waals surface area contributed by atoms with Crippen LogP contribution >= 0.6 is 34.8 Å². The van der Waals surface area contributed by atoms with Crippen molar-refractivity contribution in [1.29, 1.82) is 0 Å². The first-order valence-corrected chi connectivity index (χ1v) is 14.4. The number of halogens is 3. The monoisotopic (exact) mass is 626 g/mol. The first kappa shape index (κ1) is 29.8. The van der Waals surface area contributed by atoms with Gasteiger partial charge in [0.25, 0.3) is 17.7 Å². The second-order valence-electron chi connectivity index (χ2n) is 10.5. The number of hydrazine groups is 1. The van der Waals surface area contributed by atoms with Crippen molar-refractivity contribution in [2.45, 2.75) is 26.2 Å². The molecule has 3 amide bonds. The third-order valence-corrected chi connectivity index (χ3v) is 8.36. The standard InChI is InChI=1S/C31H25Cl3N2O6/c1-17-2-12-23-25(14-17)30(40)36(29(23)39)35(28(38)19-3-7-20(32)8-4-19)16-27(37)18-5-10-22(11-6-18)42-31(41)24-13-9-21(33)15-26(24)34/h3-11,13,15,17,23,25H,2,12,14,16H2,1H3/t17-,23+,25-/m1/s1. The molecule has 42 heavy (non-hydrogen) atoms. The largest absolute Gasteiger partial charge is 0.423 e. The van der Waals surface area contributed by atoms with Gasteiger partial charge in [-0.25, -0.2) is 9.80 Å². The lowest BCUT2D eigenvalue weighted by atomic mass is 9.76. The first-order valence-electron chi connectivity index (χ1n) is 13.3. The molecule has 1 heterocycles. The maximum absolute atomic E-state index is 13.6. The number of nitrogens with zero attached hydrogens (tertiary/aromatic N) is 2. The van der Waals surface area contributed by atoms with Crippen molar-refractivity contribution in [2.24, 2.45) is 17.8 Å². The second kappa shape index (κ2) is 12.3. The minimum absolute atomic E-state index is 0.118. The topological polar surface area (TPSA) is 101 Å². The van der Waals surface area contributed by atoms with E-state index in [0.717, 1.165) is 16.4 Å². The molecule has 1 saturated carbocycles. The first-order chi connectivity index (χ1) is 20.0. The van der Waals surface area contributed by atoms with Gasteiger partial charge in [-0.2, -0.15) is 5.01 Å². The van der Waals surface area contributed by atoms with E-state index in [2.05, 4.69) is 0 Å². The summed E-state index contributed by atoms with van der Waals surface area (Å²) >= 11 is 17.9. The normalized spacial score (nSPS) is 19.8. The molecule has 0 unspecified atom stereocenters. The number of carbonyl (C=O) groups excluding carboxylic acids is 5. The molecule has 1 aliphatic heterocycles. The van der Waals surface area contributed by atoms with E-state index in [1.807, 2.05) is 6.92 Å². The molecular weight excluding hydrogens is 603 g/mol. The van der Waals surface area contributed by atoms with E-state index >= 15 is 0 Å². The van der Waals surface area contributed by atoms with Crippen molar-refractivity contribution in [1.82, 2.24) is 10.0 Å². The average molecular weight is 628 g/mol. The number of fused-ring (bicyclic) bond motifs is 1. The van der Waals surface area contributed by atoms with E-state index in [1.54, 1.807) is 0 Å². The quantitative estimate of drug-likeness (QED) is 0.128. The van der Waals surface area contributed by atoms with Crippen molar-refractivity contribution >= 4 is 64.3 Å². The highest BCUT2D eigenvalue weighted by molar-refractivity contribution is 6.36. The Morgan fingerprint density at radius 2 is 1.45 bits per heavy atom. The van der Waals surface area contributed by atoms with Gasteiger partial charge >= 0.3 is 5.97 Å². The van der Waals surface area contributed by atoms with E-state index < -0.39 is 47.9 Å². The van der Waals surface area contributed by atoms with Gasteiger partial charge in [0.2, 0.25) is 0 Å². The molecule has 3 aromatic rings. The summed E-state index contributed by atoms with van der Waals surface area (Å²) in [4.78, 5) is 66.5. The molecule has 0 spiro atoms. The zero-order chi connectivity index (χ0) is 30.1. The fourth-order valence-electron chi connectivity index (χ4n) is 5.34. The van der Waals surface area contributed by atoms with Crippen LogP contribution in [0.4, 0.5) is 0 Å². The number of benzene rings is 3. The summed E-state index contributed by atoms with van der Waals surface area (Å²) in [5, 5.41) is 2.68. The molecule has 1 saturated heterocycles. The van der Waals surface area contributed by atoms with Gasteiger partial charge in [0, 0.05) is 21.2 Å². The zero-order valence-corrected chi connectivity index (χ0v) is 24.7. The Balaban J connectivity index is 1.37. The predicted octanol–water partition coefficient (Wildman–Crippen LogP) is 6.53. The molecule has 3 atom stereocenters. The summed E-state index contributed by atoms with van der Waals surface area (Å²) in [6, 6.07) is 16.0.